The monoisotopic (exact) mass is 830 g/mol. The van der Waals surface area contributed by atoms with E-state index in [1.165, 1.54) is 6.92 Å². The standard InChI is InChI=1S/C45H54N10O6/c1-28-35-26-47-38(48-42(35)55(32-6-4-5-7-32)45(60)40(28)29(2)56)23-31-8-9-33(25-46-31)52-18-14-50(15-19-52)12-13-51-16-20-53(21-17-51)34-22-30-27-54(36-10-11-39(57)49-43(36)58)44(59)41(30)37(24-34)61-3/h8-9,22,24-26,32,36H,4-7,10-21,23,27H2,1-3H3,(H,49,57,58). The highest BCUT2D eigenvalue weighted by Crippen LogP contribution is 2.38. The Morgan fingerprint density at radius 3 is 2.16 bits per heavy atom. The molecule has 1 atom stereocenters. The number of rotatable bonds is 11. The van der Waals surface area contributed by atoms with Crippen LogP contribution in [0, 0.1) is 6.92 Å². The molecule has 61 heavy (non-hydrogen) atoms. The number of imide groups is 1. The number of methoxy groups -OCH3 is 1. The van der Waals surface area contributed by atoms with E-state index in [0.717, 1.165) is 119 Å². The van der Waals surface area contributed by atoms with Crippen molar-refractivity contribution in [3.8, 4) is 5.75 Å². The van der Waals surface area contributed by atoms with Crippen LogP contribution >= 0.6 is 0 Å². The summed E-state index contributed by atoms with van der Waals surface area (Å²) < 4.78 is 7.46. The van der Waals surface area contributed by atoms with Gasteiger partial charge in [0.05, 0.1) is 36.5 Å². The summed E-state index contributed by atoms with van der Waals surface area (Å²) in [6, 6.07) is 7.54. The fourth-order valence-corrected chi connectivity index (χ4v) is 9.98. The van der Waals surface area contributed by atoms with Gasteiger partial charge in [-0.25, -0.2) is 9.97 Å². The number of aryl methyl sites for hydroxylation is 1. The number of nitrogens with one attached hydrogen (secondary N) is 1. The summed E-state index contributed by atoms with van der Waals surface area (Å²) in [7, 11) is 1.57. The highest BCUT2D eigenvalue weighted by Gasteiger charge is 2.41. The lowest BCUT2D eigenvalue weighted by Crippen LogP contribution is -2.52. The molecule has 3 aromatic heterocycles. The minimum Gasteiger partial charge on any atom is -0.496 e. The molecule has 1 N–H and O–H groups in total. The van der Waals surface area contributed by atoms with Gasteiger partial charge in [-0.1, -0.05) is 12.8 Å². The number of piperidine rings is 1. The number of pyridine rings is 2. The normalized spacial score (nSPS) is 20.5. The second kappa shape index (κ2) is 17.0. The van der Waals surface area contributed by atoms with Crippen LogP contribution in [0.4, 0.5) is 11.4 Å². The van der Waals surface area contributed by atoms with Crippen LogP contribution in [0.15, 0.2) is 41.5 Å². The van der Waals surface area contributed by atoms with E-state index in [9.17, 15) is 24.0 Å². The molecule has 4 aromatic rings. The summed E-state index contributed by atoms with van der Waals surface area (Å²) in [5.74, 6) is -0.0479. The number of benzene rings is 1. The van der Waals surface area contributed by atoms with Crippen LogP contribution in [0.25, 0.3) is 11.0 Å². The molecule has 1 saturated carbocycles. The van der Waals surface area contributed by atoms with E-state index < -0.39 is 11.9 Å². The number of fused-ring (bicyclic) bond motifs is 2. The second-order valence-corrected chi connectivity index (χ2v) is 17.1. The quantitative estimate of drug-likeness (QED) is 0.173. The molecule has 0 spiro atoms. The van der Waals surface area contributed by atoms with Crippen LogP contribution in [0.1, 0.15) is 94.9 Å². The van der Waals surface area contributed by atoms with E-state index in [1.807, 2.05) is 25.3 Å². The van der Waals surface area contributed by atoms with Crippen LogP contribution in [0.2, 0.25) is 0 Å². The molecule has 1 aromatic carbocycles. The molecule has 9 rings (SSSR count). The van der Waals surface area contributed by atoms with Crippen LogP contribution < -0.4 is 25.4 Å². The fraction of sp³-hybridized carbons (Fsp3) is 0.511. The number of Topliss-reactive ketones (excluding diaryl/α,β-unsaturated/α-hetero) is 1. The maximum atomic E-state index is 13.6. The van der Waals surface area contributed by atoms with E-state index in [0.29, 0.717) is 47.7 Å². The van der Waals surface area contributed by atoms with Crippen LogP contribution in [-0.4, -0.2) is 136 Å². The Bertz CT molecular complexity index is 2430. The average molecular weight is 831 g/mol. The van der Waals surface area contributed by atoms with Crippen molar-refractivity contribution in [3.63, 3.8) is 0 Å². The summed E-state index contributed by atoms with van der Waals surface area (Å²) in [5, 5.41) is 3.13. The Morgan fingerprint density at radius 1 is 0.852 bits per heavy atom. The number of nitrogens with zero attached hydrogens (tertiary/aromatic N) is 9. The lowest BCUT2D eigenvalue weighted by molar-refractivity contribution is -0.136. The molecule has 0 radical (unpaired) electrons. The van der Waals surface area contributed by atoms with Gasteiger partial charge in [0, 0.05) is 113 Å². The fourth-order valence-electron chi connectivity index (χ4n) is 9.98. The molecule has 1 aliphatic carbocycles. The molecule has 3 saturated heterocycles. The Labute approximate surface area is 354 Å². The number of amides is 3. The summed E-state index contributed by atoms with van der Waals surface area (Å²) in [6.07, 6.45) is 8.62. The predicted molar refractivity (Wildman–Crippen MR) is 229 cm³/mol. The van der Waals surface area contributed by atoms with Crippen molar-refractivity contribution in [2.45, 2.75) is 77.4 Å². The summed E-state index contributed by atoms with van der Waals surface area (Å²) in [5.41, 5.74) is 5.57. The maximum Gasteiger partial charge on any atom is 0.263 e. The van der Waals surface area contributed by atoms with Gasteiger partial charge in [-0.05, 0) is 62.4 Å². The number of hydrogen-bond acceptors (Lipinski definition) is 13. The lowest BCUT2D eigenvalue weighted by atomic mass is 10.0. The first-order chi connectivity index (χ1) is 29.6. The van der Waals surface area contributed by atoms with Crippen molar-refractivity contribution < 1.29 is 23.9 Å². The van der Waals surface area contributed by atoms with E-state index in [-0.39, 0.29) is 41.2 Å². The Balaban J connectivity index is 0.758. The van der Waals surface area contributed by atoms with Gasteiger partial charge >= 0.3 is 0 Å². The first-order valence-corrected chi connectivity index (χ1v) is 21.7. The smallest absolute Gasteiger partial charge is 0.263 e. The SMILES string of the molecule is COc1cc(N2CCN(CCN3CCN(c4ccc(Cc5ncc6c(C)c(C(C)=O)c(=O)n(C7CCCC7)c6n5)nc4)CC3)CC2)cc2c1C(=O)N(C1CCC(=O)NC1=O)C2. The number of aromatic nitrogens is 4. The van der Waals surface area contributed by atoms with Gasteiger partial charge in [-0.3, -0.25) is 48.6 Å². The zero-order chi connectivity index (χ0) is 42.4. The molecule has 7 heterocycles. The van der Waals surface area contributed by atoms with Gasteiger partial charge in [0.15, 0.2) is 5.78 Å². The molecular weight excluding hydrogens is 777 g/mol. The molecule has 16 nitrogen and oxygen atoms in total. The predicted octanol–water partition coefficient (Wildman–Crippen LogP) is 3.12. The average Bonchev–Trinajstić information content (AvgIpc) is 3.91. The van der Waals surface area contributed by atoms with Crippen molar-refractivity contribution in [1.29, 1.82) is 0 Å². The maximum absolute atomic E-state index is 13.6. The van der Waals surface area contributed by atoms with Crippen molar-refractivity contribution in [2.24, 2.45) is 0 Å². The molecule has 320 valence electrons. The summed E-state index contributed by atoms with van der Waals surface area (Å²) in [4.78, 5) is 89.5. The molecule has 16 heteroatoms. The Morgan fingerprint density at radius 2 is 1.54 bits per heavy atom. The van der Waals surface area contributed by atoms with E-state index in [1.54, 1.807) is 22.8 Å². The van der Waals surface area contributed by atoms with Crippen molar-refractivity contribution >= 4 is 45.9 Å². The molecule has 3 amide bonds. The van der Waals surface area contributed by atoms with Gasteiger partial charge in [0.25, 0.3) is 11.5 Å². The second-order valence-electron chi connectivity index (χ2n) is 17.1. The number of ether oxygens (including phenoxy) is 1. The number of hydrogen-bond donors (Lipinski definition) is 1. The Hall–Kier alpha value is -5.74. The van der Waals surface area contributed by atoms with Crippen molar-refractivity contribution in [3.05, 3.63) is 80.8 Å². The highest BCUT2D eigenvalue weighted by molar-refractivity contribution is 6.07. The number of piperazine rings is 2. The third-order valence-electron chi connectivity index (χ3n) is 13.4. The molecule has 4 fully saturated rings. The van der Waals surface area contributed by atoms with Crippen molar-refractivity contribution in [1.82, 2.24) is 39.5 Å². The van der Waals surface area contributed by atoms with E-state index in [4.69, 9.17) is 14.7 Å². The lowest BCUT2D eigenvalue weighted by Gasteiger charge is -2.39. The van der Waals surface area contributed by atoms with E-state index >= 15 is 0 Å². The highest BCUT2D eigenvalue weighted by atomic mass is 16.5. The van der Waals surface area contributed by atoms with Gasteiger partial charge in [0.1, 0.15) is 23.3 Å². The van der Waals surface area contributed by atoms with Crippen LogP contribution in [-0.2, 0) is 22.6 Å². The zero-order valence-corrected chi connectivity index (χ0v) is 35.3. The number of carbonyl (C=O) groups excluding carboxylic acids is 4. The molecule has 0 bridgehead atoms. The topological polar surface area (TPSA) is 166 Å². The third-order valence-corrected chi connectivity index (χ3v) is 13.4. The number of ketones is 1. The summed E-state index contributed by atoms with van der Waals surface area (Å²) in [6.45, 7) is 13.0. The number of anilines is 2. The first-order valence-electron chi connectivity index (χ1n) is 21.7. The van der Waals surface area contributed by atoms with Crippen LogP contribution in [0.5, 0.6) is 5.75 Å². The summed E-state index contributed by atoms with van der Waals surface area (Å²) >= 11 is 0. The van der Waals surface area contributed by atoms with E-state index in [2.05, 4.69) is 42.0 Å². The molecule has 4 aliphatic heterocycles. The zero-order valence-electron chi connectivity index (χ0n) is 35.3. The van der Waals surface area contributed by atoms with Crippen LogP contribution in [0.3, 0.4) is 0 Å². The minimum absolute atomic E-state index is 0.0399. The molecule has 5 aliphatic rings. The Kier molecular flexibility index (Phi) is 11.3. The number of carbonyl (C=O) groups is 4. The van der Waals surface area contributed by atoms with Gasteiger partial charge in [-0.2, -0.15) is 0 Å². The third kappa shape index (κ3) is 7.98. The van der Waals surface area contributed by atoms with Crippen molar-refractivity contribution in [2.75, 3.05) is 82.4 Å². The van der Waals surface area contributed by atoms with Gasteiger partial charge in [0.2, 0.25) is 11.8 Å². The first kappa shape index (κ1) is 40.7. The minimum atomic E-state index is -0.661. The molecule has 1 unspecified atom stereocenters. The van der Waals surface area contributed by atoms with Gasteiger partial charge in [-0.15, -0.1) is 0 Å². The largest absolute Gasteiger partial charge is 0.496 e. The van der Waals surface area contributed by atoms with Gasteiger partial charge < -0.3 is 19.4 Å². The molecular formula is C45H54N10O6.